The van der Waals surface area contributed by atoms with Crippen LogP contribution in [-0.4, -0.2) is 16.5 Å². The summed E-state index contributed by atoms with van der Waals surface area (Å²) in [5, 5.41) is 2.57. The molecular formula is C30H24N2. The highest BCUT2D eigenvalue weighted by molar-refractivity contribution is 6.10. The molecule has 0 spiro atoms. The molecule has 1 aliphatic rings. The molecule has 0 radical (unpaired) electrons. The van der Waals surface area contributed by atoms with E-state index in [0.717, 1.165) is 0 Å². The van der Waals surface area contributed by atoms with Crippen LogP contribution in [0.1, 0.15) is 17.2 Å². The smallest absolute Gasteiger partial charge is 0.0746 e. The molecule has 0 fully saturated rings. The highest BCUT2D eigenvalue weighted by Gasteiger charge is 2.25. The number of nitrogens with zero attached hydrogens (tertiary/aromatic N) is 2. The van der Waals surface area contributed by atoms with Crippen molar-refractivity contribution in [1.82, 2.24) is 9.47 Å². The lowest BCUT2D eigenvalue weighted by Crippen LogP contribution is -2.25. The van der Waals surface area contributed by atoms with E-state index in [1.807, 2.05) is 0 Å². The van der Waals surface area contributed by atoms with Gasteiger partial charge in [-0.25, -0.2) is 0 Å². The molecule has 0 aliphatic carbocycles. The summed E-state index contributed by atoms with van der Waals surface area (Å²) in [6.07, 6.45) is 4.72. The predicted octanol–water partition coefficient (Wildman–Crippen LogP) is 7.36. The normalized spacial score (nSPS) is 16.3. The van der Waals surface area contributed by atoms with Gasteiger partial charge in [0.1, 0.15) is 0 Å². The Morgan fingerprint density at radius 1 is 0.594 bits per heavy atom. The van der Waals surface area contributed by atoms with E-state index in [1.54, 1.807) is 0 Å². The van der Waals surface area contributed by atoms with E-state index >= 15 is 0 Å². The standard InChI is InChI=1S/C30H24N2/c1-31-29(22-12-4-2-5-13-22)20-24(21-30(31)23-14-6-3-7-15-23)32-27-18-10-8-16-25(27)26-17-9-11-19-28(26)32/h2-21,29H,1H3. The lowest BCUT2D eigenvalue weighted by atomic mass is 9.97. The van der Waals surface area contributed by atoms with Crippen molar-refractivity contribution < 1.29 is 0 Å². The molecule has 0 saturated carbocycles. The lowest BCUT2D eigenvalue weighted by molar-refractivity contribution is 0.412. The minimum absolute atomic E-state index is 0.145. The average molecular weight is 413 g/mol. The maximum atomic E-state index is 2.41. The Labute approximate surface area is 188 Å². The van der Waals surface area contributed by atoms with Gasteiger partial charge in [-0.1, -0.05) is 97.1 Å². The van der Waals surface area contributed by atoms with Crippen LogP contribution in [0.2, 0.25) is 0 Å². The van der Waals surface area contributed by atoms with Crippen LogP contribution in [0.4, 0.5) is 0 Å². The van der Waals surface area contributed by atoms with Crippen molar-refractivity contribution in [2.75, 3.05) is 7.05 Å². The number of para-hydroxylation sites is 2. The number of likely N-dealkylation sites (N-methyl/N-ethyl adjacent to an activating group) is 1. The fourth-order valence-corrected chi connectivity index (χ4v) is 4.92. The van der Waals surface area contributed by atoms with Gasteiger partial charge in [0.2, 0.25) is 0 Å². The van der Waals surface area contributed by atoms with E-state index in [2.05, 4.69) is 138 Å². The Kier molecular flexibility index (Phi) is 4.43. The number of aromatic nitrogens is 1. The van der Waals surface area contributed by atoms with Gasteiger partial charge in [0.15, 0.2) is 0 Å². The zero-order chi connectivity index (χ0) is 21.5. The van der Waals surface area contributed by atoms with Crippen molar-refractivity contribution >= 4 is 33.2 Å². The number of hydrogen-bond acceptors (Lipinski definition) is 1. The zero-order valence-corrected chi connectivity index (χ0v) is 18.0. The summed E-state index contributed by atoms with van der Waals surface area (Å²) in [7, 11) is 2.19. The minimum Gasteiger partial charge on any atom is -0.363 e. The first-order chi connectivity index (χ1) is 15.8. The van der Waals surface area contributed by atoms with Crippen LogP contribution in [-0.2, 0) is 0 Å². The molecule has 0 N–H and O–H groups in total. The fourth-order valence-electron chi connectivity index (χ4n) is 4.92. The molecule has 154 valence electrons. The second-order valence-corrected chi connectivity index (χ2v) is 8.32. The molecule has 0 amide bonds. The summed E-state index contributed by atoms with van der Waals surface area (Å²) < 4.78 is 2.41. The highest BCUT2D eigenvalue weighted by atomic mass is 15.2. The van der Waals surface area contributed by atoms with Gasteiger partial charge in [-0.05, 0) is 35.4 Å². The van der Waals surface area contributed by atoms with Crippen LogP contribution >= 0.6 is 0 Å². The van der Waals surface area contributed by atoms with Gasteiger partial charge in [0, 0.05) is 29.2 Å². The van der Waals surface area contributed by atoms with Crippen molar-refractivity contribution in [2.45, 2.75) is 6.04 Å². The number of benzene rings is 4. The fraction of sp³-hybridized carbons (Fsp3) is 0.0667. The summed E-state index contributed by atoms with van der Waals surface area (Å²) in [5.41, 5.74) is 7.41. The molecule has 1 unspecified atom stereocenters. The Morgan fingerprint density at radius 2 is 1.12 bits per heavy atom. The average Bonchev–Trinajstić information content (AvgIpc) is 3.20. The van der Waals surface area contributed by atoms with Crippen LogP contribution in [0.5, 0.6) is 0 Å². The van der Waals surface area contributed by atoms with E-state index < -0.39 is 0 Å². The van der Waals surface area contributed by atoms with E-state index in [0.29, 0.717) is 0 Å². The summed E-state index contributed by atoms with van der Waals surface area (Å²) in [5.74, 6) is 0. The molecule has 1 atom stereocenters. The molecule has 0 saturated heterocycles. The molecule has 4 aromatic carbocycles. The van der Waals surface area contributed by atoms with E-state index in [-0.39, 0.29) is 6.04 Å². The largest absolute Gasteiger partial charge is 0.363 e. The summed E-state index contributed by atoms with van der Waals surface area (Å²) >= 11 is 0. The first kappa shape index (κ1) is 18.7. The van der Waals surface area contributed by atoms with Gasteiger partial charge in [0.05, 0.1) is 17.1 Å². The first-order valence-electron chi connectivity index (χ1n) is 11.1. The number of hydrogen-bond donors (Lipinski definition) is 0. The van der Waals surface area contributed by atoms with Crippen LogP contribution in [0.15, 0.2) is 121 Å². The molecule has 2 nitrogen and oxygen atoms in total. The molecular weight excluding hydrogens is 388 g/mol. The Bertz CT molecular complexity index is 1420. The second-order valence-electron chi connectivity index (χ2n) is 8.32. The van der Waals surface area contributed by atoms with Crippen LogP contribution in [0.3, 0.4) is 0 Å². The SMILES string of the molecule is CN1C(c2ccccc2)=CC(n2c3ccccc3c3ccccc32)=CC1c1ccccc1. The maximum absolute atomic E-state index is 2.41. The van der Waals surface area contributed by atoms with E-state index in [4.69, 9.17) is 0 Å². The molecule has 2 heterocycles. The minimum atomic E-state index is 0.145. The van der Waals surface area contributed by atoms with Crippen LogP contribution in [0, 0.1) is 0 Å². The second kappa shape index (κ2) is 7.58. The van der Waals surface area contributed by atoms with Gasteiger partial charge in [-0.15, -0.1) is 0 Å². The van der Waals surface area contributed by atoms with Crippen molar-refractivity contribution in [3.8, 4) is 0 Å². The highest BCUT2D eigenvalue weighted by Crippen LogP contribution is 2.39. The zero-order valence-electron chi connectivity index (χ0n) is 18.0. The Balaban J connectivity index is 1.64. The topological polar surface area (TPSA) is 8.17 Å². The van der Waals surface area contributed by atoms with Gasteiger partial charge in [-0.2, -0.15) is 0 Å². The summed E-state index contributed by atoms with van der Waals surface area (Å²) in [4.78, 5) is 2.38. The van der Waals surface area contributed by atoms with Crippen molar-refractivity contribution in [1.29, 1.82) is 0 Å². The van der Waals surface area contributed by atoms with Gasteiger partial charge in [0.25, 0.3) is 0 Å². The summed E-state index contributed by atoms with van der Waals surface area (Å²) in [6, 6.07) is 39.0. The third-order valence-electron chi connectivity index (χ3n) is 6.46. The molecule has 5 aromatic rings. The van der Waals surface area contributed by atoms with Gasteiger partial charge < -0.3 is 9.47 Å². The monoisotopic (exact) mass is 412 g/mol. The maximum Gasteiger partial charge on any atom is 0.0746 e. The Morgan fingerprint density at radius 3 is 1.75 bits per heavy atom. The Hall–Kier alpha value is -4.04. The van der Waals surface area contributed by atoms with Gasteiger partial charge in [-0.3, -0.25) is 0 Å². The van der Waals surface area contributed by atoms with Crippen molar-refractivity contribution in [3.63, 3.8) is 0 Å². The van der Waals surface area contributed by atoms with E-state index in [9.17, 15) is 0 Å². The van der Waals surface area contributed by atoms with Crippen LogP contribution in [0.25, 0.3) is 33.2 Å². The number of rotatable bonds is 3. The third-order valence-corrected chi connectivity index (χ3v) is 6.46. The molecule has 1 aliphatic heterocycles. The van der Waals surface area contributed by atoms with Gasteiger partial charge >= 0.3 is 0 Å². The van der Waals surface area contributed by atoms with Crippen molar-refractivity contribution in [3.05, 3.63) is 132 Å². The van der Waals surface area contributed by atoms with Crippen molar-refractivity contribution in [2.24, 2.45) is 0 Å². The summed E-state index contributed by atoms with van der Waals surface area (Å²) in [6.45, 7) is 0. The molecule has 0 bridgehead atoms. The molecule has 32 heavy (non-hydrogen) atoms. The number of fused-ring (bicyclic) bond motifs is 3. The first-order valence-corrected chi connectivity index (χ1v) is 11.1. The molecule has 1 aromatic heterocycles. The quantitative estimate of drug-likeness (QED) is 0.300. The third kappa shape index (κ3) is 2.96. The lowest BCUT2D eigenvalue weighted by Gasteiger charge is -2.35. The molecule has 6 rings (SSSR count). The van der Waals surface area contributed by atoms with E-state index in [1.165, 1.54) is 44.3 Å². The van der Waals surface area contributed by atoms with Crippen LogP contribution < -0.4 is 0 Å². The molecule has 2 heteroatoms. The number of allylic oxidation sites excluding steroid dienone is 2. The predicted molar refractivity (Wildman–Crippen MR) is 135 cm³/mol.